The zero-order chi connectivity index (χ0) is 18.5. The molecular formula is C19H17Cl2N3OS. The number of nitrogens with one attached hydrogen (secondary N) is 1. The van der Waals surface area contributed by atoms with Crippen molar-refractivity contribution in [1.29, 1.82) is 0 Å². The van der Waals surface area contributed by atoms with Crippen LogP contribution in [0.1, 0.15) is 12.8 Å². The first-order valence-electron chi connectivity index (χ1n) is 8.06. The Morgan fingerprint density at radius 2 is 1.58 bits per heavy atom. The van der Waals surface area contributed by atoms with E-state index >= 15 is 0 Å². The van der Waals surface area contributed by atoms with Crippen LogP contribution < -0.4 is 5.73 Å². The number of halogens is 2. The number of nitrogens with two attached hydrogens (primary N) is 1. The Hall–Kier alpha value is -1.95. The average molecular weight is 406 g/mol. The molecule has 0 bridgehead atoms. The van der Waals surface area contributed by atoms with Crippen molar-refractivity contribution in [3.8, 4) is 22.5 Å². The maximum absolute atomic E-state index is 10.9. The molecule has 0 aliphatic heterocycles. The highest BCUT2D eigenvalue weighted by Gasteiger charge is 2.14. The minimum atomic E-state index is -0.284. The van der Waals surface area contributed by atoms with E-state index in [0.29, 0.717) is 22.9 Å². The van der Waals surface area contributed by atoms with Gasteiger partial charge in [-0.3, -0.25) is 4.79 Å². The quantitative estimate of drug-likeness (QED) is 0.407. The third kappa shape index (κ3) is 4.81. The fraction of sp³-hybridized carbons (Fsp3) is 0.158. The highest BCUT2D eigenvalue weighted by molar-refractivity contribution is 7.99. The van der Waals surface area contributed by atoms with Crippen molar-refractivity contribution in [3.05, 3.63) is 58.6 Å². The number of amides is 1. The minimum absolute atomic E-state index is 0.284. The number of carbonyl (C=O) groups excluding carboxylic acids is 1. The topological polar surface area (TPSA) is 71.8 Å². The van der Waals surface area contributed by atoms with Gasteiger partial charge in [-0.1, -0.05) is 59.2 Å². The number of carbonyl (C=O) groups is 1. The molecule has 0 unspecified atom stereocenters. The van der Waals surface area contributed by atoms with E-state index in [-0.39, 0.29) is 5.91 Å². The highest BCUT2D eigenvalue weighted by Crippen LogP contribution is 2.34. The molecule has 1 aromatic heterocycles. The van der Waals surface area contributed by atoms with E-state index in [1.807, 2.05) is 48.5 Å². The van der Waals surface area contributed by atoms with E-state index in [0.717, 1.165) is 33.4 Å². The van der Waals surface area contributed by atoms with Crippen LogP contribution in [0, 0.1) is 0 Å². The van der Waals surface area contributed by atoms with Crippen molar-refractivity contribution in [2.45, 2.75) is 18.0 Å². The summed E-state index contributed by atoms with van der Waals surface area (Å²) in [7, 11) is 0. The van der Waals surface area contributed by atoms with Crippen LogP contribution in [0.5, 0.6) is 0 Å². The van der Waals surface area contributed by atoms with E-state index in [2.05, 4.69) is 4.98 Å². The van der Waals surface area contributed by atoms with Gasteiger partial charge in [0.05, 0.1) is 11.4 Å². The van der Waals surface area contributed by atoms with Gasteiger partial charge < -0.3 is 10.7 Å². The Bertz CT molecular complexity index is 829. The molecule has 0 saturated carbocycles. The molecule has 3 rings (SSSR count). The Labute approximate surface area is 166 Å². The maximum Gasteiger partial charge on any atom is 0.217 e. The number of rotatable bonds is 7. The molecule has 134 valence electrons. The summed E-state index contributed by atoms with van der Waals surface area (Å²) in [6, 6.07) is 15.2. The Morgan fingerprint density at radius 3 is 2.15 bits per heavy atom. The van der Waals surface area contributed by atoms with Crippen molar-refractivity contribution in [2.75, 3.05) is 5.75 Å². The second kappa shape index (κ2) is 8.62. The first kappa shape index (κ1) is 18.8. The molecule has 1 heterocycles. The SMILES string of the molecule is NC(=O)CCCSc1nc(-c2ccc(Cl)cc2)c(-c2ccc(Cl)cc2)[nH]1. The largest absolute Gasteiger partial charge is 0.370 e. The summed E-state index contributed by atoms with van der Waals surface area (Å²) in [6.45, 7) is 0. The molecule has 2 aromatic carbocycles. The van der Waals surface area contributed by atoms with Crippen LogP contribution in [0.4, 0.5) is 0 Å². The zero-order valence-electron chi connectivity index (χ0n) is 13.8. The van der Waals surface area contributed by atoms with Gasteiger partial charge in [-0.25, -0.2) is 4.98 Å². The van der Waals surface area contributed by atoms with Gasteiger partial charge in [0.25, 0.3) is 0 Å². The predicted octanol–water partition coefficient (Wildman–Crippen LogP) is 5.41. The van der Waals surface area contributed by atoms with Crippen molar-refractivity contribution in [1.82, 2.24) is 9.97 Å². The normalized spacial score (nSPS) is 10.8. The minimum Gasteiger partial charge on any atom is -0.370 e. The Balaban J connectivity index is 1.90. The number of aromatic amines is 1. The van der Waals surface area contributed by atoms with Crippen LogP contribution in [-0.2, 0) is 4.79 Å². The van der Waals surface area contributed by atoms with Crippen LogP contribution in [0.15, 0.2) is 53.7 Å². The molecule has 7 heteroatoms. The monoisotopic (exact) mass is 405 g/mol. The Kier molecular flexibility index (Phi) is 6.25. The van der Waals surface area contributed by atoms with Crippen molar-refractivity contribution < 1.29 is 4.79 Å². The molecule has 0 fully saturated rings. The van der Waals surface area contributed by atoms with E-state index in [9.17, 15) is 4.79 Å². The number of imidazole rings is 1. The third-order valence-corrected chi connectivity index (χ3v) is 5.20. The first-order chi connectivity index (χ1) is 12.5. The molecule has 0 aliphatic rings. The summed E-state index contributed by atoms with van der Waals surface area (Å²) in [5.41, 5.74) is 8.92. The van der Waals surface area contributed by atoms with E-state index in [1.54, 1.807) is 11.8 Å². The second-order valence-corrected chi connectivity index (χ2v) is 7.65. The summed E-state index contributed by atoms with van der Waals surface area (Å²) in [5, 5.41) is 2.16. The summed E-state index contributed by atoms with van der Waals surface area (Å²) in [4.78, 5) is 19.0. The van der Waals surface area contributed by atoms with Gasteiger partial charge in [-0.05, 0) is 30.7 Å². The number of primary amides is 1. The summed E-state index contributed by atoms with van der Waals surface area (Å²) < 4.78 is 0. The zero-order valence-corrected chi connectivity index (χ0v) is 16.2. The van der Waals surface area contributed by atoms with Crippen molar-refractivity contribution >= 4 is 40.9 Å². The van der Waals surface area contributed by atoms with Gasteiger partial charge in [0, 0.05) is 33.3 Å². The molecule has 1 amide bonds. The fourth-order valence-electron chi connectivity index (χ4n) is 2.48. The van der Waals surface area contributed by atoms with E-state index < -0.39 is 0 Å². The van der Waals surface area contributed by atoms with Crippen LogP contribution in [0.25, 0.3) is 22.5 Å². The number of H-pyrrole nitrogens is 1. The Morgan fingerprint density at radius 1 is 1.00 bits per heavy atom. The van der Waals surface area contributed by atoms with Crippen molar-refractivity contribution in [3.63, 3.8) is 0 Å². The summed E-state index contributed by atoms with van der Waals surface area (Å²) in [5.74, 6) is 0.477. The number of aromatic nitrogens is 2. The summed E-state index contributed by atoms with van der Waals surface area (Å²) >= 11 is 13.6. The highest BCUT2D eigenvalue weighted by atomic mass is 35.5. The molecule has 0 atom stereocenters. The lowest BCUT2D eigenvalue weighted by Crippen LogP contribution is -2.09. The van der Waals surface area contributed by atoms with Gasteiger partial charge in [-0.2, -0.15) is 0 Å². The van der Waals surface area contributed by atoms with Crippen LogP contribution >= 0.6 is 35.0 Å². The number of nitrogens with zero attached hydrogens (tertiary/aromatic N) is 1. The molecule has 0 spiro atoms. The summed E-state index contributed by atoms with van der Waals surface area (Å²) in [6.07, 6.45) is 1.09. The van der Waals surface area contributed by atoms with Crippen LogP contribution in [0.2, 0.25) is 10.0 Å². The number of benzene rings is 2. The van der Waals surface area contributed by atoms with Gasteiger partial charge in [0.2, 0.25) is 5.91 Å². The predicted molar refractivity (Wildman–Crippen MR) is 109 cm³/mol. The molecule has 0 radical (unpaired) electrons. The number of hydrogen-bond acceptors (Lipinski definition) is 3. The molecule has 3 N–H and O–H groups in total. The van der Waals surface area contributed by atoms with Gasteiger partial charge in [-0.15, -0.1) is 0 Å². The molecule has 26 heavy (non-hydrogen) atoms. The van der Waals surface area contributed by atoms with Gasteiger partial charge >= 0.3 is 0 Å². The molecule has 4 nitrogen and oxygen atoms in total. The van der Waals surface area contributed by atoms with E-state index in [1.165, 1.54) is 0 Å². The van der Waals surface area contributed by atoms with Crippen LogP contribution in [-0.4, -0.2) is 21.6 Å². The van der Waals surface area contributed by atoms with E-state index in [4.69, 9.17) is 33.9 Å². The molecule has 3 aromatic rings. The molecule has 0 saturated heterocycles. The number of thioether (sulfide) groups is 1. The molecular weight excluding hydrogens is 389 g/mol. The van der Waals surface area contributed by atoms with Crippen molar-refractivity contribution in [2.24, 2.45) is 5.73 Å². The fourth-order valence-corrected chi connectivity index (χ4v) is 3.54. The average Bonchev–Trinajstić information content (AvgIpc) is 3.04. The molecule has 0 aliphatic carbocycles. The first-order valence-corrected chi connectivity index (χ1v) is 9.80. The second-order valence-electron chi connectivity index (χ2n) is 5.70. The third-order valence-electron chi connectivity index (χ3n) is 3.74. The van der Waals surface area contributed by atoms with Gasteiger partial charge in [0.15, 0.2) is 5.16 Å². The van der Waals surface area contributed by atoms with Gasteiger partial charge in [0.1, 0.15) is 0 Å². The standard InChI is InChI=1S/C19H17Cl2N3OS/c20-14-7-3-12(4-8-14)17-18(13-5-9-15(21)10-6-13)24-19(23-17)26-11-1-2-16(22)25/h3-10H,1-2,11H2,(H2,22,25)(H,23,24). The van der Waals surface area contributed by atoms with Crippen LogP contribution in [0.3, 0.4) is 0 Å². The number of hydrogen-bond donors (Lipinski definition) is 2. The smallest absolute Gasteiger partial charge is 0.217 e. The maximum atomic E-state index is 10.9. The lowest BCUT2D eigenvalue weighted by molar-refractivity contribution is -0.118. The lowest BCUT2D eigenvalue weighted by atomic mass is 10.1. The lowest BCUT2D eigenvalue weighted by Gasteiger charge is -2.03.